The Hall–Kier alpha value is -3.31. The molecule has 0 aliphatic carbocycles. The summed E-state index contributed by atoms with van der Waals surface area (Å²) >= 11 is 1.44. The van der Waals surface area contributed by atoms with Crippen LogP contribution in [-0.2, 0) is 16.0 Å². The van der Waals surface area contributed by atoms with Crippen LogP contribution in [0.2, 0.25) is 0 Å². The molecular formula is C24H20N2O2S. The maximum absolute atomic E-state index is 12.2. The Labute approximate surface area is 173 Å². The summed E-state index contributed by atoms with van der Waals surface area (Å²) in [6.07, 6.45) is 0.208. The Kier molecular flexibility index (Phi) is 5.77. The standard InChI is InChI=1S/C24H20N2O2S/c27-23(15-20-10-5-9-18-7-3-4-11-22(18)20)25-26-24(28)16-29-21-13-12-17-6-1-2-8-19(17)14-21/h1-14H,15-16H2,(H,25,27)(H,26,28). The van der Waals surface area contributed by atoms with Crippen LogP contribution in [0, 0.1) is 0 Å². The van der Waals surface area contributed by atoms with Crippen molar-refractivity contribution < 1.29 is 9.59 Å². The summed E-state index contributed by atoms with van der Waals surface area (Å²) in [4.78, 5) is 25.4. The monoisotopic (exact) mass is 400 g/mol. The molecule has 4 nitrogen and oxygen atoms in total. The van der Waals surface area contributed by atoms with Crippen LogP contribution in [-0.4, -0.2) is 17.6 Å². The molecule has 0 fully saturated rings. The number of carbonyl (C=O) groups is 2. The van der Waals surface area contributed by atoms with E-state index in [1.807, 2.05) is 72.8 Å². The van der Waals surface area contributed by atoms with Gasteiger partial charge >= 0.3 is 0 Å². The number of benzene rings is 4. The van der Waals surface area contributed by atoms with Crippen molar-refractivity contribution in [3.63, 3.8) is 0 Å². The minimum Gasteiger partial charge on any atom is -0.273 e. The molecule has 29 heavy (non-hydrogen) atoms. The summed E-state index contributed by atoms with van der Waals surface area (Å²) in [6.45, 7) is 0. The minimum atomic E-state index is -0.245. The van der Waals surface area contributed by atoms with E-state index < -0.39 is 0 Å². The molecule has 0 heterocycles. The molecule has 4 aromatic rings. The molecular weight excluding hydrogens is 380 g/mol. The Morgan fingerprint density at radius 2 is 1.38 bits per heavy atom. The normalized spacial score (nSPS) is 10.8. The topological polar surface area (TPSA) is 58.2 Å². The van der Waals surface area contributed by atoms with E-state index in [9.17, 15) is 9.59 Å². The highest BCUT2D eigenvalue weighted by molar-refractivity contribution is 8.00. The van der Waals surface area contributed by atoms with E-state index in [0.717, 1.165) is 26.6 Å². The van der Waals surface area contributed by atoms with Crippen molar-refractivity contribution in [1.82, 2.24) is 10.9 Å². The predicted molar refractivity (Wildman–Crippen MR) is 119 cm³/mol. The molecule has 0 saturated carbocycles. The third-order valence-corrected chi connectivity index (χ3v) is 5.66. The Bertz CT molecular complexity index is 1180. The second kappa shape index (κ2) is 8.80. The van der Waals surface area contributed by atoms with Gasteiger partial charge < -0.3 is 0 Å². The lowest BCUT2D eigenvalue weighted by molar-refractivity contribution is -0.127. The zero-order valence-corrected chi connectivity index (χ0v) is 16.5. The van der Waals surface area contributed by atoms with Crippen molar-refractivity contribution in [1.29, 1.82) is 0 Å². The van der Waals surface area contributed by atoms with Crippen molar-refractivity contribution in [3.05, 3.63) is 90.5 Å². The highest BCUT2D eigenvalue weighted by Crippen LogP contribution is 2.23. The summed E-state index contributed by atoms with van der Waals surface area (Å²) < 4.78 is 0. The maximum Gasteiger partial charge on any atom is 0.248 e. The van der Waals surface area contributed by atoms with E-state index in [4.69, 9.17) is 0 Å². The molecule has 0 radical (unpaired) electrons. The summed E-state index contributed by atoms with van der Waals surface area (Å²) in [5, 5.41) is 4.44. The molecule has 0 bridgehead atoms. The first kappa shape index (κ1) is 19.0. The van der Waals surface area contributed by atoms with Crippen LogP contribution in [0.5, 0.6) is 0 Å². The zero-order valence-electron chi connectivity index (χ0n) is 15.7. The SMILES string of the molecule is O=C(CSc1ccc2ccccc2c1)NNC(=O)Cc1cccc2ccccc12. The van der Waals surface area contributed by atoms with Crippen LogP contribution in [0.15, 0.2) is 89.8 Å². The van der Waals surface area contributed by atoms with Crippen LogP contribution in [0.3, 0.4) is 0 Å². The molecule has 144 valence electrons. The lowest BCUT2D eigenvalue weighted by atomic mass is 10.0. The van der Waals surface area contributed by atoms with Crippen molar-refractivity contribution in [3.8, 4) is 0 Å². The average molecular weight is 401 g/mol. The fraction of sp³-hybridized carbons (Fsp3) is 0.0833. The first-order valence-electron chi connectivity index (χ1n) is 9.35. The van der Waals surface area contributed by atoms with Crippen molar-refractivity contribution in [2.24, 2.45) is 0 Å². The second-order valence-corrected chi connectivity index (χ2v) is 7.76. The first-order valence-corrected chi connectivity index (χ1v) is 10.3. The van der Waals surface area contributed by atoms with Gasteiger partial charge in [-0.25, -0.2) is 0 Å². The molecule has 0 spiro atoms. The van der Waals surface area contributed by atoms with Gasteiger partial charge in [-0.2, -0.15) is 0 Å². The van der Waals surface area contributed by atoms with Gasteiger partial charge in [0.2, 0.25) is 11.8 Å². The average Bonchev–Trinajstić information content (AvgIpc) is 2.76. The smallest absolute Gasteiger partial charge is 0.248 e. The number of amides is 2. The molecule has 0 aliphatic rings. The number of fused-ring (bicyclic) bond motifs is 2. The van der Waals surface area contributed by atoms with Crippen molar-refractivity contribution in [2.45, 2.75) is 11.3 Å². The lowest BCUT2D eigenvalue weighted by Crippen LogP contribution is -2.43. The zero-order chi connectivity index (χ0) is 20.1. The van der Waals surface area contributed by atoms with E-state index in [-0.39, 0.29) is 24.0 Å². The van der Waals surface area contributed by atoms with Gasteiger partial charge in [0.05, 0.1) is 12.2 Å². The molecule has 0 aliphatic heterocycles. The number of hydrazine groups is 1. The van der Waals surface area contributed by atoms with E-state index in [1.165, 1.54) is 17.1 Å². The number of hydrogen-bond acceptors (Lipinski definition) is 3. The largest absolute Gasteiger partial charge is 0.273 e. The summed E-state index contributed by atoms with van der Waals surface area (Å²) in [7, 11) is 0. The maximum atomic E-state index is 12.2. The highest BCUT2D eigenvalue weighted by Gasteiger charge is 2.09. The Morgan fingerprint density at radius 1 is 0.690 bits per heavy atom. The van der Waals surface area contributed by atoms with Gasteiger partial charge in [-0.05, 0) is 39.2 Å². The van der Waals surface area contributed by atoms with Gasteiger partial charge in [0.15, 0.2) is 0 Å². The van der Waals surface area contributed by atoms with E-state index >= 15 is 0 Å². The quantitative estimate of drug-likeness (QED) is 0.384. The van der Waals surface area contributed by atoms with Gasteiger partial charge in [0.25, 0.3) is 0 Å². The number of carbonyl (C=O) groups excluding carboxylic acids is 2. The molecule has 0 atom stereocenters. The van der Waals surface area contributed by atoms with E-state index in [2.05, 4.69) is 23.0 Å². The summed E-state index contributed by atoms with van der Waals surface area (Å²) in [5.74, 6) is -0.257. The Balaban J connectivity index is 1.29. The number of rotatable bonds is 5. The van der Waals surface area contributed by atoms with Crippen LogP contribution in [0.1, 0.15) is 5.56 Å². The van der Waals surface area contributed by atoms with E-state index in [1.54, 1.807) is 0 Å². The molecule has 0 saturated heterocycles. The van der Waals surface area contributed by atoms with Gasteiger partial charge in [-0.1, -0.05) is 72.8 Å². The number of nitrogens with one attached hydrogen (secondary N) is 2. The fourth-order valence-electron chi connectivity index (χ4n) is 3.25. The van der Waals surface area contributed by atoms with E-state index in [0.29, 0.717) is 0 Å². The fourth-order valence-corrected chi connectivity index (χ4v) is 3.99. The molecule has 5 heteroatoms. The van der Waals surface area contributed by atoms with Crippen molar-refractivity contribution >= 4 is 45.1 Å². The van der Waals surface area contributed by atoms with Gasteiger partial charge in [0.1, 0.15) is 0 Å². The third-order valence-electron chi connectivity index (χ3n) is 4.66. The van der Waals surface area contributed by atoms with Gasteiger partial charge in [-0.15, -0.1) is 11.8 Å². The van der Waals surface area contributed by atoms with Gasteiger partial charge in [0, 0.05) is 4.90 Å². The molecule has 0 aromatic heterocycles. The Morgan fingerprint density at radius 3 is 2.24 bits per heavy atom. The second-order valence-electron chi connectivity index (χ2n) is 6.71. The lowest BCUT2D eigenvalue weighted by Gasteiger charge is -2.09. The number of hydrogen-bond donors (Lipinski definition) is 2. The summed E-state index contributed by atoms with van der Waals surface area (Å²) in [6, 6.07) is 28.0. The van der Waals surface area contributed by atoms with Crippen LogP contribution >= 0.6 is 11.8 Å². The highest BCUT2D eigenvalue weighted by atomic mass is 32.2. The molecule has 2 amide bonds. The molecule has 2 N–H and O–H groups in total. The molecule has 0 unspecified atom stereocenters. The molecule has 4 aromatic carbocycles. The van der Waals surface area contributed by atoms with Gasteiger partial charge in [-0.3, -0.25) is 20.4 Å². The first-order chi connectivity index (χ1) is 14.2. The third kappa shape index (κ3) is 4.76. The predicted octanol–water partition coefficient (Wildman–Crippen LogP) is 4.48. The number of thioether (sulfide) groups is 1. The minimum absolute atomic E-state index is 0.208. The summed E-state index contributed by atoms with van der Waals surface area (Å²) in [5.41, 5.74) is 5.94. The van der Waals surface area contributed by atoms with Crippen LogP contribution < -0.4 is 10.9 Å². The van der Waals surface area contributed by atoms with Crippen LogP contribution in [0.4, 0.5) is 0 Å². The molecule has 4 rings (SSSR count). The van der Waals surface area contributed by atoms with Crippen molar-refractivity contribution in [2.75, 3.05) is 5.75 Å². The van der Waals surface area contributed by atoms with Crippen LogP contribution in [0.25, 0.3) is 21.5 Å².